The number of aromatic amines is 1. The highest BCUT2D eigenvalue weighted by Crippen LogP contribution is 2.23. The fourth-order valence-corrected chi connectivity index (χ4v) is 2.67. The Morgan fingerprint density at radius 2 is 1.77 bits per heavy atom. The van der Waals surface area contributed by atoms with Gasteiger partial charge in [-0.2, -0.15) is 0 Å². The number of rotatable bonds is 4. The second-order valence-corrected chi connectivity index (χ2v) is 6.20. The van der Waals surface area contributed by atoms with Gasteiger partial charge in [0.2, 0.25) is 0 Å². The molecular weight excluding hydrogens is 292 g/mol. The normalized spacial score (nSPS) is 11.1. The topological polar surface area (TPSA) is 28.7 Å². The molecule has 0 bridgehead atoms. The Kier molecular flexibility index (Phi) is 4.30. The average Bonchev–Trinajstić information content (AvgIpc) is 2.98. The van der Waals surface area contributed by atoms with Crippen molar-refractivity contribution in [2.24, 2.45) is 0 Å². The summed E-state index contributed by atoms with van der Waals surface area (Å²) < 4.78 is 0. The van der Waals surface area contributed by atoms with Gasteiger partial charge in [0.25, 0.3) is 0 Å². The molecule has 0 saturated heterocycles. The molecule has 0 radical (unpaired) electrons. The summed E-state index contributed by atoms with van der Waals surface area (Å²) in [5.41, 5.74) is 4.62. The predicted octanol–water partition coefficient (Wildman–Crippen LogP) is 5.44. The Bertz CT molecular complexity index is 757. The summed E-state index contributed by atoms with van der Waals surface area (Å²) in [5, 5.41) is 0.779. The molecule has 2 nitrogen and oxygen atoms in total. The van der Waals surface area contributed by atoms with Gasteiger partial charge in [-0.25, -0.2) is 4.98 Å². The molecule has 1 N–H and O–H groups in total. The van der Waals surface area contributed by atoms with Crippen LogP contribution in [0.2, 0.25) is 5.02 Å². The summed E-state index contributed by atoms with van der Waals surface area (Å²) in [5.74, 6) is 1.47. The highest BCUT2D eigenvalue weighted by molar-refractivity contribution is 6.31. The maximum Gasteiger partial charge on any atom is 0.110 e. The van der Waals surface area contributed by atoms with Crippen molar-refractivity contribution >= 4 is 11.6 Å². The van der Waals surface area contributed by atoms with Crippen molar-refractivity contribution in [3.8, 4) is 11.3 Å². The molecule has 3 aromatic rings. The highest BCUT2D eigenvalue weighted by atomic mass is 35.5. The zero-order valence-corrected chi connectivity index (χ0v) is 13.6. The number of hydrogen-bond donors (Lipinski definition) is 1. The molecular formula is C19H19ClN2. The molecule has 0 atom stereocenters. The first-order valence-electron chi connectivity index (χ1n) is 7.51. The lowest BCUT2D eigenvalue weighted by Gasteiger charge is -2.05. The summed E-state index contributed by atoms with van der Waals surface area (Å²) in [6.45, 7) is 4.40. The lowest BCUT2D eigenvalue weighted by Crippen LogP contribution is -1.91. The van der Waals surface area contributed by atoms with Crippen LogP contribution in [-0.4, -0.2) is 9.97 Å². The minimum Gasteiger partial charge on any atom is -0.342 e. The van der Waals surface area contributed by atoms with Gasteiger partial charge in [0, 0.05) is 11.4 Å². The predicted molar refractivity (Wildman–Crippen MR) is 92.4 cm³/mol. The summed E-state index contributed by atoms with van der Waals surface area (Å²) in [7, 11) is 0. The van der Waals surface area contributed by atoms with Gasteiger partial charge in [-0.05, 0) is 28.7 Å². The van der Waals surface area contributed by atoms with E-state index in [1.54, 1.807) is 0 Å². The molecule has 0 aliphatic carbocycles. The summed E-state index contributed by atoms with van der Waals surface area (Å²) in [4.78, 5) is 7.86. The molecule has 0 aliphatic heterocycles. The van der Waals surface area contributed by atoms with Crippen LogP contribution in [-0.2, 0) is 6.42 Å². The lowest BCUT2D eigenvalue weighted by molar-refractivity contribution is 0.867. The molecule has 3 rings (SSSR count). The molecule has 112 valence electrons. The Labute approximate surface area is 136 Å². The van der Waals surface area contributed by atoms with E-state index < -0.39 is 0 Å². The van der Waals surface area contributed by atoms with Crippen LogP contribution in [0.25, 0.3) is 11.3 Å². The molecule has 0 unspecified atom stereocenters. The molecule has 0 fully saturated rings. The Hall–Kier alpha value is -2.06. The zero-order chi connectivity index (χ0) is 15.5. The second-order valence-electron chi connectivity index (χ2n) is 5.79. The van der Waals surface area contributed by atoms with Crippen molar-refractivity contribution in [1.29, 1.82) is 0 Å². The number of imidazole rings is 1. The molecule has 0 spiro atoms. The molecule has 0 aliphatic rings. The number of nitrogens with zero attached hydrogens (tertiary/aromatic N) is 1. The fraction of sp³-hybridized carbons (Fsp3) is 0.211. The van der Waals surface area contributed by atoms with E-state index in [2.05, 4.69) is 48.1 Å². The van der Waals surface area contributed by atoms with Crippen molar-refractivity contribution in [1.82, 2.24) is 9.97 Å². The molecule has 1 heterocycles. The largest absolute Gasteiger partial charge is 0.342 e. The first-order valence-corrected chi connectivity index (χ1v) is 7.89. The van der Waals surface area contributed by atoms with Crippen LogP contribution in [0.5, 0.6) is 0 Å². The second kappa shape index (κ2) is 6.37. The van der Waals surface area contributed by atoms with Gasteiger partial charge in [-0.1, -0.05) is 67.9 Å². The number of hydrogen-bond acceptors (Lipinski definition) is 1. The SMILES string of the molecule is CC(C)c1ccc(-c2cnc(Cc3ccccc3Cl)[nH]2)cc1. The first kappa shape index (κ1) is 14.9. The minimum atomic E-state index is 0.548. The molecule has 2 aromatic carbocycles. The molecule has 0 amide bonds. The number of H-pyrrole nitrogens is 1. The van der Waals surface area contributed by atoms with E-state index in [1.807, 2.05) is 30.5 Å². The Morgan fingerprint density at radius 3 is 2.45 bits per heavy atom. The van der Waals surface area contributed by atoms with Crippen LogP contribution in [0.4, 0.5) is 0 Å². The van der Waals surface area contributed by atoms with Crippen molar-refractivity contribution in [2.45, 2.75) is 26.2 Å². The third-order valence-corrected chi connectivity index (χ3v) is 4.20. The third kappa shape index (κ3) is 3.23. The van der Waals surface area contributed by atoms with Gasteiger partial charge < -0.3 is 4.98 Å². The van der Waals surface area contributed by atoms with Gasteiger partial charge >= 0.3 is 0 Å². The Morgan fingerprint density at radius 1 is 1.05 bits per heavy atom. The van der Waals surface area contributed by atoms with Crippen LogP contribution >= 0.6 is 11.6 Å². The third-order valence-electron chi connectivity index (χ3n) is 3.83. The number of aromatic nitrogens is 2. The maximum atomic E-state index is 6.20. The van der Waals surface area contributed by atoms with E-state index in [0.717, 1.165) is 27.7 Å². The van der Waals surface area contributed by atoms with E-state index in [1.165, 1.54) is 5.56 Å². The zero-order valence-electron chi connectivity index (χ0n) is 12.8. The molecule has 22 heavy (non-hydrogen) atoms. The van der Waals surface area contributed by atoms with E-state index >= 15 is 0 Å². The van der Waals surface area contributed by atoms with Gasteiger partial charge in [0.1, 0.15) is 5.82 Å². The highest BCUT2D eigenvalue weighted by Gasteiger charge is 2.07. The lowest BCUT2D eigenvalue weighted by atomic mass is 10.0. The van der Waals surface area contributed by atoms with Gasteiger partial charge in [0.15, 0.2) is 0 Å². The first-order chi connectivity index (χ1) is 10.6. The van der Waals surface area contributed by atoms with Gasteiger partial charge in [0.05, 0.1) is 11.9 Å². The van der Waals surface area contributed by atoms with E-state index in [-0.39, 0.29) is 0 Å². The van der Waals surface area contributed by atoms with Crippen molar-refractivity contribution in [3.05, 3.63) is 76.7 Å². The number of benzene rings is 2. The summed E-state index contributed by atoms with van der Waals surface area (Å²) in [6.07, 6.45) is 2.60. The van der Waals surface area contributed by atoms with Crippen molar-refractivity contribution < 1.29 is 0 Å². The van der Waals surface area contributed by atoms with Crippen molar-refractivity contribution in [2.75, 3.05) is 0 Å². The monoisotopic (exact) mass is 310 g/mol. The number of halogens is 1. The molecule has 3 heteroatoms. The van der Waals surface area contributed by atoms with Gasteiger partial charge in [-0.3, -0.25) is 0 Å². The van der Waals surface area contributed by atoms with Crippen molar-refractivity contribution in [3.63, 3.8) is 0 Å². The van der Waals surface area contributed by atoms with Crippen LogP contribution < -0.4 is 0 Å². The quantitative estimate of drug-likeness (QED) is 0.682. The van der Waals surface area contributed by atoms with E-state index in [4.69, 9.17) is 11.6 Å². The standard InChI is InChI=1S/C19H19ClN2/c1-13(2)14-7-9-15(10-8-14)18-12-21-19(22-18)11-16-5-3-4-6-17(16)20/h3-10,12-13H,11H2,1-2H3,(H,21,22). The summed E-state index contributed by atoms with van der Waals surface area (Å²) in [6, 6.07) is 16.5. The summed E-state index contributed by atoms with van der Waals surface area (Å²) >= 11 is 6.20. The smallest absolute Gasteiger partial charge is 0.110 e. The van der Waals surface area contributed by atoms with E-state index in [9.17, 15) is 0 Å². The van der Waals surface area contributed by atoms with Gasteiger partial charge in [-0.15, -0.1) is 0 Å². The average molecular weight is 311 g/mol. The van der Waals surface area contributed by atoms with Crippen LogP contribution in [0.15, 0.2) is 54.7 Å². The minimum absolute atomic E-state index is 0.548. The molecule has 0 saturated carbocycles. The molecule has 1 aromatic heterocycles. The van der Waals surface area contributed by atoms with Crippen LogP contribution in [0.3, 0.4) is 0 Å². The van der Waals surface area contributed by atoms with Crippen LogP contribution in [0.1, 0.15) is 36.7 Å². The fourth-order valence-electron chi connectivity index (χ4n) is 2.47. The number of nitrogens with one attached hydrogen (secondary N) is 1. The van der Waals surface area contributed by atoms with E-state index in [0.29, 0.717) is 12.3 Å². The Balaban J connectivity index is 1.80. The maximum absolute atomic E-state index is 6.20. The van der Waals surface area contributed by atoms with Crippen LogP contribution in [0, 0.1) is 0 Å².